The van der Waals surface area contributed by atoms with Gasteiger partial charge in [0.1, 0.15) is 5.82 Å². The fraction of sp³-hybridized carbons (Fsp3) is 0.389. The van der Waals surface area contributed by atoms with E-state index in [1.807, 2.05) is 40.9 Å². The second-order valence-electron chi connectivity index (χ2n) is 6.53. The highest BCUT2D eigenvalue weighted by atomic mass is 16.2. The average Bonchev–Trinajstić information content (AvgIpc) is 3.25. The lowest BCUT2D eigenvalue weighted by atomic mass is 9.93. The van der Waals surface area contributed by atoms with Crippen molar-refractivity contribution in [3.8, 4) is 0 Å². The molecule has 1 aliphatic heterocycles. The third kappa shape index (κ3) is 2.79. The highest BCUT2D eigenvalue weighted by Gasteiger charge is 2.24. The molecule has 0 unspecified atom stereocenters. The number of H-pyrrole nitrogens is 1. The summed E-state index contributed by atoms with van der Waals surface area (Å²) in [5.41, 5.74) is 2.64. The van der Waals surface area contributed by atoms with Crippen molar-refractivity contribution in [2.75, 3.05) is 13.1 Å². The molecule has 1 N–H and O–H groups in total. The normalized spacial score (nSPS) is 16.0. The summed E-state index contributed by atoms with van der Waals surface area (Å²) >= 11 is 0. The second kappa shape index (κ2) is 6.11. The number of piperidine rings is 1. The number of fused-ring (bicyclic) bond motifs is 1. The van der Waals surface area contributed by atoms with Crippen LogP contribution < -0.4 is 0 Å². The van der Waals surface area contributed by atoms with Gasteiger partial charge < -0.3 is 14.5 Å². The number of aryl methyl sites for hydroxylation is 1. The third-order valence-corrected chi connectivity index (χ3v) is 4.91. The number of nitrogens with zero attached hydrogens (tertiary/aromatic N) is 4. The van der Waals surface area contributed by atoms with E-state index in [-0.39, 0.29) is 5.91 Å². The van der Waals surface area contributed by atoms with Crippen molar-refractivity contribution in [3.05, 3.63) is 48.3 Å². The average molecular weight is 323 g/mol. The molecular weight excluding hydrogens is 302 g/mol. The summed E-state index contributed by atoms with van der Waals surface area (Å²) < 4.78 is 1.96. The van der Waals surface area contributed by atoms with Crippen LogP contribution in [-0.2, 0) is 13.5 Å². The topological polar surface area (TPSA) is 66.8 Å². The number of aromatic nitrogens is 4. The summed E-state index contributed by atoms with van der Waals surface area (Å²) in [6.07, 6.45) is 8.45. The molecule has 124 valence electrons. The third-order valence-electron chi connectivity index (χ3n) is 4.91. The summed E-state index contributed by atoms with van der Waals surface area (Å²) in [4.78, 5) is 26.5. The van der Waals surface area contributed by atoms with Gasteiger partial charge in [-0.2, -0.15) is 0 Å². The number of carbonyl (C=O) groups is 1. The van der Waals surface area contributed by atoms with Crippen molar-refractivity contribution < 1.29 is 4.79 Å². The Morgan fingerprint density at radius 2 is 2.12 bits per heavy atom. The van der Waals surface area contributed by atoms with Crippen molar-refractivity contribution in [3.63, 3.8) is 0 Å². The minimum absolute atomic E-state index is 0.110. The SMILES string of the molecule is Cn1cnc2cc(C(=O)N3CCC(Cc4ncc[nH]4)CC3)ccc21. The Hall–Kier alpha value is -2.63. The van der Waals surface area contributed by atoms with Crippen LogP contribution in [0.5, 0.6) is 0 Å². The molecule has 0 saturated carbocycles. The zero-order chi connectivity index (χ0) is 16.5. The second-order valence-corrected chi connectivity index (χ2v) is 6.53. The van der Waals surface area contributed by atoms with E-state index in [1.165, 1.54) is 0 Å². The predicted molar refractivity (Wildman–Crippen MR) is 91.6 cm³/mol. The maximum absolute atomic E-state index is 12.7. The lowest BCUT2D eigenvalue weighted by Gasteiger charge is -2.31. The van der Waals surface area contributed by atoms with E-state index in [1.54, 1.807) is 12.5 Å². The van der Waals surface area contributed by atoms with E-state index in [0.29, 0.717) is 5.92 Å². The van der Waals surface area contributed by atoms with Gasteiger partial charge in [-0.05, 0) is 37.0 Å². The van der Waals surface area contributed by atoms with Crippen LogP contribution in [0.25, 0.3) is 11.0 Å². The van der Waals surface area contributed by atoms with Gasteiger partial charge in [-0.15, -0.1) is 0 Å². The molecule has 6 heteroatoms. The largest absolute Gasteiger partial charge is 0.349 e. The van der Waals surface area contributed by atoms with Crippen molar-refractivity contribution in [1.29, 1.82) is 0 Å². The van der Waals surface area contributed by atoms with Crippen LogP contribution in [0.4, 0.5) is 0 Å². The molecule has 1 fully saturated rings. The van der Waals surface area contributed by atoms with Crippen LogP contribution in [0.2, 0.25) is 0 Å². The van der Waals surface area contributed by atoms with E-state index in [0.717, 1.165) is 54.8 Å². The number of benzene rings is 1. The van der Waals surface area contributed by atoms with Gasteiger partial charge in [0.05, 0.1) is 17.4 Å². The number of rotatable bonds is 3. The number of carbonyl (C=O) groups excluding carboxylic acids is 1. The first-order valence-electron chi connectivity index (χ1n) is 8.39. The number of aromatic amines is 1. The number of nitrogens with one attached hydrogen (secondary N) is 1. The zero-order valence-corrected chi connectivity index (χ0v) is 13.8. The summed E-state index contributed by atoms with van der Waals surface area (Å²) in [6.45, 7) is 1.62. The van der Waals surface area contributed by atoms with Crippen molar-refractivity contribution >= 4 is 16.9 Å². The smallest absolute Gasteiger partial charge is 0.253 e. The van der Waals surface area contributed by atoms with Gasteiger partial charge in [0.2, 0.25) is 0 Å². The fourth-order valence-electron chi connectivity index (χ4n) is 3.47. The fourth-order valence-corrected chi connectivity index (χ4v) is 3.47. The Bertz CT molecular complexity index is 844. The van der Waals surface area contributed by atoms with E-state index in [9.17, 15) is 4.79 Å². The van der Waals surface area contributed by atoms with Gasteiger partial charge >= 0.3 is 0 Å². The number of imidazole rings is 2. The first-order chi connectivity index (χ1) is 11.7. The number of amides is 1. The molecule has 0 atom stereocenters. The van der Waals surface area contributed by atoms with Crippen molar-refractivity contribution in [2.24, 2.45) is 13.0 Å². The van der Waals surface area contributed by atoms with Crippen LogP contribution in [-0.4, -0.2) is 43.4 Å². The Labute approximate surface area is 140 Å². The summed E-state index contributed by atoms with van der Waals surface area (Å²) in [5, 5.41) is 0. The predicted octanol–water partition coefficient (Wildman–Crippen LogP) is 2.39. The number of hydrogen-bond donors (Lipinski definition) is 1. The Morgan fingerprint density at radius 3 is 2.88 bits per heavy atom. The van der Waals surface area contributed by atoms with E-state index in [4.69, 9.17) is 0 Å². The molecule has 6 nitrogen and oxygen atoms in total. The summed E-state index contributed by atoms with van der Waals surface area (Å²) in [5.74, 6) is 1.75. The molecule has 0 aliphatic carbocycles. The molecule has 0 radical (unpaired) electrons. The minimum Gasteiger partial charge on any atom is -0.349 e. The van der Waals surface area contributed by atoms with Crippen LogP contribution in [0, 0.1) is 5.92 Å². The van der Waals surface area contributed by atoms with Gasteiger partial charge in [0.15, 0.2) is 0 Å². The molecule has 1 saturated heterocycles. The molecule has 0 spiro atoms. The van der Waals surface area contributed by atoms with Crippen LogP contribution in [0.3, 0.4) is 0 Å². The van der Waals surface area contributed by atoms with E-state index >= 15 is 0 Å². The molecule has 0 bridgehead atoms. The Morgan fingerprint density at radius 1 is 1.29 bits per heavy atom. The van der Waals surface area contributed by atoms with E-state index in [2.05, 4.69) is 15.0 Å². The molecule has 1 amide bonds. The quantitative estimate of drug-likeness (QED) is 0.805. The van der Waals surface area contributed by atoms with Crippen LogP contribution in [0.15, 0.2) is 36.9 Å². The molecule has 3 aromatic rings. The summed E-state index contributed by atoms with van der Waals surface area (Å²) in [6, 6.07) is 5.77. The van der Waals surface area contributed by atoms with Crippen LogP contribution >= 0.6 is 0 Å². The van der Waals surface area contributed by atoms with Gasteiger partial charge in [-0.25, -0.2) is 9.97 Å². The molecule has 1 aromatic carbocycles. The summed E-state index contributed by atoms with van der Waals surface area (Å²) in [7, 11) is 1.96. The lowest BCUT2D eigenvalue weighted by Crippen LogP contribution is -2.39. The maximum atomic E-state index is 12.7. The van der Waals surface area contributed by atoms with Crippen LogP contribution in [0.1, 0.15) is 29.0 Å². The van der Waals surface area contributed by atoms with Crippen molar-refractivity contribution in [1.82, 2.24) is 24.4 Å². The lowest BCUT2D eigenvalue weighted by molar-refractivity contribution is 0.0690. The Kier molecular flexibility index (Phi) is 3.80. The molecular formula is C18H21N5O. The molecule has 3 heterocycles. The van der Waals surface area contributed by atoms with E-state index < -0.39 is 0 Å². The first-order valence-corrected chi connectivity index (χ1v) is 8.39. The molecule has 1 aliphatic rings. The number of likely N-dealkylation sites (tertiary alicyclic amines) is 1. The highest BCUT2D eigenvalue weighted by Crippen LogP contribution is 2.22. The molecule has 24 heavy (non-hydrogen) atoms. The monoisotopic (exact) mass is 323 g/mol. The van der Waals surface area contributed by atoms with Gasteiger partial charge in [0.25, 0.3) is 5.91 Å². The Balaban J connectivity index is 1.41. The standard InChI is InChI=1S/C18H21N5O/c1-22-12-21-15-11-14(2-3-16(15)22)18(24)23-8-4-13(5-9-23)10-17-19-6-7-20-17/h2-3,6-7,11-13H,4-5,8-10H2,1H3,(H,19,20). The molecule has 2 aromatic heterocycles. The maximum Gasteiger partial charge on any atom is 0.253 e. The van der Waals surface area contributed by atoms with Gasteiger partial charge in [-0.3, -0.25) is 4.79 Å². The van der Waals surface area contributed by atoms with Gasteiger partial charge in [0, 0.05) is 44.5 Å². The number of hydrogen-bond acceptors (Lipinski definition) is 3. The highest BCUT2D eigenvalue weighted by molar-refractivity contribution is 5.97. The van der Waals surface area contributed by atoms with Gasteiger partial charge in [-0.1, -0.05) is 0 Å². The molecule has 4 rings (SSSR count). The van der Waals surface area contributed by atoms with Crippen molar-refractivity contribution in [2.45, 2.75) is 19.3 Å². The first kappa shape index (κ1) is 14.9. The minimum atomic E-state index is 0.110. The zero-order valence-electron chi connectivity index (χ0n) is 13.8.